The molecule has 2 fully saturated rings. The van der Waals surface area contributed by atoms with E-state index in [4.69, 9.17) is 4.98 Å². The number of aryl methyl sites for hydroxylation is 1. The zero-order valence-corrected chi connectivity index (χ0v) is 23.4. The summed E-state index contributed by atoms with van der Waals surface area (Å²) in [6, 6.07) is 9.05. The van der Waals surface area contributed by atoms with Gasteiger partial charge in [0.2, 0.25) is 11.8 Å². The summed E-state index contributed by atoms with van der Waals surface area (Å²) in [5.74, 6) is 1.40. The SMILES string of the molecule is CC(C)(C)C(=O)NCCCCCc1nc2ccccc2n1CC(=O)N(C1CCCCC1)C1CCCCC1. The standard InChI is InChI=1S/C31H48N4O2/c1-31(2,3)30(37)32-22-14-6-11-21-28-33-26-19-12-13-20-27(26)34(28)23-29(36)35(24-15-7-4-8-16-24)25-17-9-5-10-18-25/h12-13,19-20,24-25H,4-11,14-18,21-23H2,1-3H3,(H,32,37). The van der Waals surface area contributed by atoms with E-state index in [1.54, 1.807) is 0 Å². The highest BCUT2D eigenvalue weighted by Gasteiger charge is 2.33. The predicted molar refractivity (Wildman–Crippen MR) is 150 cm³/mol. The number of benzene rings is 1. The van der Waals surface area contributed by atoms with E-state index in [0.717, 1.165) is 68.2 Å². The molecule has 37 heavy (non-hydrogen) atoms. The minimum atomic E-state index is -0.347. The summed E-state index contributed by atoms with van der Waals surface area (Å²) < 4.78 is 2.19. The van der Waals surface area contributed by atoms with Gasteiger partial charge in [0.25, 0.3) is 0 Å². The van der Waals surface area contributed by atoms with E-state index in [9.17, 15) is 9.59 Å². The molecular formula is C31H48N4O2. The van der Waals surface area contributed by atoms with Crippen LogP contribution in [0.15, 0.2) is 24.3 Å². The molecule has 2 aliphatic carbocycles. The molecule has 1 heterocycles. The van der Waals surface area contributed by atoms with Gasteiger partial charge in [0, 0.05) is 30.5 Å². The van der Waals surface area contributed by atoms with E-state index in [2.05, 4.69) is 26.9 Å². The van der Waals surface area contributed by atoms with E-state index >= 15 is 0 Å². The summed E-state index contributed by atoms with van der Waals surface area (Å²) in [5.41, 5.74) is 1.70. The van der Waals surface area contributed by atoms with Crippen LogP contribution < -0.4 is 5.32 Å². The smallest absolute Gasteiger partial charge is 0.243 e. The monoisotopic (exact) mass is 508 g/mol. The molecule has 0 radical (unpaired) electrons. The number of aromatic nitrogens is 2. The third-order valence-corrected chi connectivity index (χ3v) is 8.30. The molecule has 0 spiro atoms. The number of nitrogens with zero attached hydrogens (tertiary/aromatic N) is 3. The molecule has 204 valence electrons. The molecule has 2 amide bonds. The van der Waals surface area contributed by atoms with Crippen molar-refractivity contribution >= 4 is 22.8 Å². The number of para-hydroxylation sites is 2. The lowest BCUT2D eigenvalue weighted by molar-refractivity contribution is -0.138. The molecule has 0 aliphatic heterocycles. The first-order chi connectivity index (χ1) is 17.8. The maximum atomic E-state index is 14.0. The van der Waals surface area contributed by atoms with Crippen molar-refractivity contribution in [3.8, 4) is 0 Å². The predicted octanol–water partition coefficient (Wildman–Crippen LogP) is 6.41. The molecule has 2 aromatic rings. The summed E-state index contributed by atoms with van der Waals surface area (Å²) in [7, 11) is 0. The molecule has 6 nitrogen and oxygen atoms in total. The van der Waals surface area contributed by atoms with Crippen LogP contribution in [0, 0.1) is 5.41 Å². The molecule has 4 rings (SSSR count). The molecule has 1 N–H and O–H groups in total. The fourth-order valence-corrected chi connectivity index (χ4v) is 6.19. The number of hydrogen-bond donors (Lipinski definition) is 1. The number of nitrogens with one attached hydrogen (secondary N) is 1. The minimum absolute atomic E-state index is 0.105. The Morgan fingerprint density at radius 3 is 2.16 bits per heavy atom. The fourth-order valence-electron chi connectivity index (χ4n) is 6.19. The van der Waals surface area contributed by atoms with E-state index in [1.807, 2.05) is 32.9 Å². The van der Waals surface area contributed by atoms with Crippen molar-refractivity contribution in [1.29, 1.82) is 0 Å². The van der Waals surface area contributed by atoms with Gasteiger partial charge in [0.05, 0.1) is 11.0 Å². The normalized spacial score (nSPS) is 17.7. The number of rotatable bonds is 10. The summed E-state index contributed by atoms with van der Waals surface area (Å²) >= 11 is 0. The van der Waals surface area contributed by atoms with Gasteiger partial charge in [-0.1, -0.05) is 77.8 Å². The highest BCUT2D eigenvalue weighted by molar-refractivity contribution is 5.82. The Bertz CT molecular complexity index is 1010. The number of imidazole rings is 1. The minimum Gasteiger partial charge on any atom is -0.356 e. The van der Waals surface area contributed by atoms with Crippen molar-refractivity contribution in [1.82, 2.24) is 19.8 Å². The number of amides is 2. The number of fused-ring (bicyclic) bond motifs is 1. The Kier molecular flexibility index (Phi) is 9.66. The summed E-state index contributed by atoms with van der Waals surface area (Å²) in [5, 5.41) is 3.04. The summed E-state index contributed by atoms with van der Waals surface area (Å²) in [6.45, 7) is 6.93. The van der Waals surface area contributed by atoms with Gasteiger partial charge in [-0.25, -0.2) is 4.98 Å². The van der Waals surface area contributed by atoms with Gasteiger partial charge in [0.1, 0.15) is 12.4 Å². The quantitative estimate of drug-likeness (QED) is 0.377. The second kappa shape index (κ2) is 12.9. The zero-order valence-electron chi connectivity index (χ0n) is 23.4. The number of carbonyl (C=O) groups is 2. The van der Waals surface area contributed by atoms with Crippen molar-refractivity contribution in [2.24, 2.45) is 5.41 Å². The van der Waals surface area contributed by atoms with Crippen molar-refractivity contribution in [2.75, 3.05) is 6.54 Å². The third-order valence-electron chi connectivity index (χ3n) is 8.30. The van der Waals surface area contributed by atoms with Crippen LogP contribution in [0.5, 0.6) is 0 Å². The van der Waals surface area contributed by atoms with E-state index in [1.165, 1.54) is 38.5 Å². The van der Waals surface area contributed by atoms with Gasteiger partial charge in [-0.15, -0.1) is 0 Å². The van der Waals surface area contributed by atoms with Crippen molar-refractivity contribution < 1.29 is 9.59 Å². The highest BCUT2D eigenvalue weighted by atomic mass is 16.2. The van der Waals surface area contributed by atoms with Gasteiger partial charge in [-0.2, -0.15) is 0 Å². The van der Waals surface area contributed by atoms with E-state index < -0.39 is 0 Å². The molecule has 2 aliphatic rings. The molecule has 1 aromatic carbocycles. The average molecular weight is 509 g/mol. The fraction of sp³-hybridized carbons (Fsp3) is 0.710. The van der Waals surface area contributed by atoms with Gasteiger partial charge in [0.15, 0.2) is 0 Å². The Hall–Kier alpha value is -2.37. The van der Waals surface area contributed by atoms with Crippen molar-refractivity contribution in [3.05, 3.63) is 30.1 Å². The van der Waals surface area contributed by atoms with Crippen LogP contribution in [-0.4, -0.2) is 44.9 Å². The topological polar surface area (TPSA) is 67.2 Å². The number of carbonyl (C=O) groups excluding carboxylic acids is 2. The Labute approximate surface area is 223 Å². The zero-order chi connectivity index (χ0) is 26.3. The maximum absolute atomic E-state index is 14.0. The molecule has 0 unspecified atom stereocenters. The maximum Gasteiger partial charge on any atom is 0.243 e. The molecule has 0 atom stereocenters. The molecular weight excluding hydrogens is 460 g/mol. The lowest BCUT2D eigenvalue weighted by atomic mass is 9.88. The second-order valence-electron chi connectivity index (χ2n) is 12.3. The van der Waals surface area contributed by atoms with Crippen LogP contribution in [0.4, 0.5) is 0 Å². The lowest BCUT2D eigenvalue weighted by Crippen LogP contribution is -2.50. The Morgan fingerprint density at radius 2 is 1.54 bits per heavy atom. The number of unbranched alkanes of at least 4 members (excludes halogenated alkanes) is 2. The molecule has 2 saturated carbocycles. The van der Waals surface area contributed by atoms with Crippen LogP contribution in [0.3, 0.4) is 0 Å². The first kappa shape index (κ1) is 27.7. The Morgan fingerprint density at radius 1 is 0.919 bits per heavy atom. The van der Waals surface area contributed by atoms with Gasteiger partial charge < -0.3 is 14.8 Å². The number of hydrogen-bond acceptors (Lipinski definition) is 3. The average Bonchev–Trinajstić information content (AvgIpc) is 3.24. The molecule has 0 bridgehead atoms. The molecule has 0 saturated heterocycles. The summed E-state index contributed by atoms with van der Waals surface area (Å²) in [6.07, 6.45) is 16.1. The molecule has 1 aromatic heterocycles. The van der Waals surface area contributed by atoms with E-state index in [-0.39, 0.29) is 17.2 Å². The van der Waals surface area contributed by atoms with Crippen LogP contribution >= 0.6 is 0 Å². The first-order valence-corrected chi connectivity index (χ1v) is 14.9. The van der Waals surface area contributed by atoms with Gasteiger partial charge >= 0.3 is 0 Å². The van der Waals surface area contributed by atoms with Crippen LogP contribution in [0.1, 0.15) is 110 Å². The third kappa shape index (κ3) is 7.36. The highest BCUT2D eigenvalue weighted by Crippen LogP contribution is 2.31. The largest absolute Gasteiger partial charge is 0.356 e. The second-order valence-corrected chi connectivity index (χ2v) is 12.3. The lowest BCUT2D eigenvalue weighted by Gasteiger charge is -2.42. The Balaban J connectivity index is 1.42. The van der Waals surface area contributed by atoms with E-state index in [0.29, 0.717) is 25.2 Å². The van der Waals surface area contributed by atoms with Crippen LogP contribution in [0.25, 0.3) is 11.0 Å². The van der Waals surface area contributed by atoms with Crippen LogP contribution in [-0.2, 0) is 22.6 Å². The van der Waals surface area contributed by atoms with Crippen molar-refractivity contribution in [3.63, 3.8) is 0 Å². The summed E-state index contributed by atoms with van der Waals surface area (Å²) in [4.78, 5) is 33.4. The van der Waals surface area contributed by atoms with Crippen molar-refractivity contribution in [2.45, 2.75) is 129 Å². The molecule has 6 heteroatoms. The van der Waals surface area contributed by atoms with Gasteiger partial charge in [-0.05, 0) is 50.7 Å². The van der Waals surface area contributed by atoms with Crippen LogP contribution in [0.2, 0.25) is 0 Å². The first-order valence-electron chi connectivity index (χ1n) is 14.9. The van der Waals surface area contributed by atoms with Gasteiger partial charge in [-0.3, -0.25) is 9.59 Å².